The summed E-state index contributed by atoms with van der Waals surface area (Å²) >= 11 is 0. The van der Waals surface area contributed by atoms with Crippen molar-refractivity contribution >= 4 is 18.0 Å². The SMILES string of the molecule is COCCN(CC(=O)O)C(=O)[C@@H]1CCCC[C@@H]1NC(=O)OCC1c2ccccc2-c2ccccc21. The van der Waals surface area contributed by atoms with Crippen molar-refractivity contribution in [3.8, 4) is 11.1 Å². The van der Waals surface area contributed by atoms with E-state index >= 15 is 0 Å². The number of alkyl carbamates (subject to hydrolysis) is 1. The number of benzene rings is 2. The number of methoxy groups -OCH3 is 1. The molecule has 0 bridgehead atoms. The minimum atomic E-state index is -1.08. The number of rotatable bonds is 9. The first-order valence-corrected chi connectivity index (χ1v) is 12.1. The molecule has 0 radical (unpaired) electrons. The average Bonchev–Trinajstić information content (AvgIpc) is 3.19. The van der Waals surface area contributed by atoms with Crippen molar-refractivity contribution in [1.82, 2.24) is 10.2 Å². The summed E-state index contributed by atoms with van der Waals surface area (Å²) in [7, 11) is 1.51. The Bertz CT molecular complexity index is 1030. The predicted molar refractivity (Wildman–Crippen MR) is 130 cm³/mol. The fourth-order valence-electron chi connectivity index (χ4n) is 5.26. The summed E-state index contributed by atoms with van der Waals surface area (Å²) in [4.78, 5) is 38.6. The molecule has 1 fully saturated rings. The molecule has 8 heteroatoms. The minimum Gasteiger partial charge on any atom is -0.480 e. The number of nitrogens with zero attached hydrogens (tertiary/aromatic N) is 1. The molecule has 2 aliphatic carbocycles. The monoisotopic (exact) mass is 480 g/mol. The van der Waals surface area contributed by atoms with Crippen LogP contribution in [0.5, 0.6) is 0 Å². The lowest BCUT2D eigenvalue weighted by molar-refractivity contribution is -0.147. The van der Waals surface area contributed by atoms with Crippen molar-refractivity contribution in [2.45, 2.75) is 37.6 Å². The molecule has 2 N–H and O–H groups in total. The highest BCUT2D eigenvalue weighted by molar-refractivity contribution is 5.84. The van der Waals surface area contributed by atoms with Crippen LogP contribution in [0.3, 0.4) is 0 Å². The Morgan fingerprint density at radius 1 is 1.00 bits per heavy atom. The van der Waals surface area contributed by atoms with Crippen molar-refractivity contribution < 1.29 is 29.0 Å². The molecule has 0 saturated heterocycles. The van der Waals surface area contributed by atoms with Gasteiger partial charge < -0.3 is 24.8 Å². The molecule has 0 unspecified atom stereocenters. The Morgan fingerprint density at radius 2 is 1.63 bits per heavy atom. The lowest BCUT2D eigenvalue weighted by Gasteiger charge is -2.34. The van der Waals surface area contributed by atoms with Crippen LogP contribution in [0.1, 0.15) is 42.7 Å². The zero-order chi connectivity index (χ0) is 24.8. The molecule has 0 heterocycles. The fourth-order valence-corrected chi connectivity index (χ4v) is 5.26. The number of carbonyl (C=O) groups is 3. The van der Waals surface area contributed by atoms with Crippen molar-refractivity contribution in [3.63, 3.8) is 0 Å². The number of amides is 2. The van der Waals surface area contributed by atoms with Crippen LogP contribution in [0.15, 0.2) is 48.5 Å². The summed E-state index contributed by atoms with van der Waals surface area (Å²) < 4.78 is 10.7. The van der Waals surface area contributed by atoms with E-state index in [1.54, 1.807) is 0 Å². The number of fused-ring (bicyclic) bond motifs is 3. The zero-order valence-electron chi connectivity index (χ0n) is 19.9. The van der Waals surface area contributed by atoms with Gasteiger partial charge in [0.1, 0.15) is 13.2 Å². The van der Waals surface area contributed by atoms with Gasteiger partial charge in [-0.3, -0.25) is 9.59 Å². The first-order valence-electron chi connectivity index (χ1n) is 12.1. The number of carboxylic acids is 1. The van der Waals surface area contributed by atoms with E-state index < -0.39 is 30.6 Å². The molecular weight excluding hydrogens is 448 g/mol. The molecule has 8 nitrogen and oxygen atoms in total. The molecule has 0 aliphatic heterocycles. The summed E-state index contributed by atoms with van der Waals surface area (Å²) in [5.41, 5.74) is 4.58. The highest BCUT2D eigenvalue weighted by Crippen LogP contribution is 2.44. The lowest BCUT2D eigenvalue weighted by atomic mass is 9.83. The number of carboxylic acid groups (broad SMARTS) is 1. The quantitative estimate of drug-likeness (QED) is 0.568. The molecule has 2 aromatic rings. The van der Waals surface area contributed by atoms with Crippen molar-refractivity contribution in [2.24, 2.45) is 5.92 Å². The van der Waals surface area contributed by atoms with Crippen LogP contribution in [0, 0.1) is 5.92 Å². The van der Waals surface area contributed by atoms with Crippen LogP contribution >= 0.6 is 0 Å². The third kappa shape index (κ3) is 5.65. The summed E-state index contributed by atoms with van der Waals surface area (Å²) in [5, 5.41) is 12.1. The van der Waals surface area contributed by atoms with Crippen LogP contribution in [0.2, 0.25) is 0 Å². The number of ether oxygens (including phenoxy) is 2. The van der Waals surface area contributed by atoms with E-state index in [0.29, 0.717) is 12.8 Å². The highest BCUT2D eigenvalue weighted by atomic mass is 16.5. The molecule has 2 aliphatic rings. The van der Waals surface area contributed by atoms with E-state index in [2.05, 4.69) is 29.6 Å². The third-order valence-electron chi connectivity index (χ3n) is 6.93. The second-order valence-corrected chi connectivity index (χ2v) is 9.11. The molecule has 2 atom stereocenters. The smallest absolute Gasteiger partial charge is 0.407 e. The van der Waals surface area contributed by atoms with Gasteiger partial charge in [0.15, 0.2) is 0 Å². The first kappa shape index (κ1) is 24.7. The van der Waals surface area contributed by atoms with Crippen molar-refractivity contribution in [1.29, 1.82) is 0 Å². The van der Waals surface area contributed by atoms with Gasteiger partial charge in [0, 0.05) is 25.6 Å². The van der Waals surface area contributed by atoms with Gasteiger partial charge in [-0.15, -0.1) is 0 Å². The Balaban J connectivity index is 1.40. The van der Waals surface area contributed by atoms with Gasteiger partial charge in [-0.2, -0.15) is 0 Å². The molecular formula is C27H32N2O6. The number of hydrogen-bond acceptors (Lipinski definition) is 5. The van der Waals surface area contributed by atoms with Gasteiger partial charge in [-0.1, -0.05) is 61.4 Å². The van der Waals surface area contributed by atoms with Gasteiger partial charge in [-0.25, -0.2) is 4.79 Å². The van der Waals surface area contributed by atoms with Crippen LogP contribution in [0.25, 0.3) is 11.1 Å². The van der Waals surface area contributed by atoms with E-state index in [0.717, 1.165) is 35.1 Å². The van der Waals surface area contributed by atoms with E-state index in [9.17, 15) is 19.5 Å². The minimum absolute atomic E-state index is 0.0444. The molecule has 0 aromatic heterocycles. The molecule has 4 rings (SSSR count). The molecule has 1 saturated carbocycles. The predicted octanol–water partition coefficient (Wildman–Crippen LogP) is 3.64. The summed E-state index contributed by atoms with van der Waals surface area (Å²) in [6, 6.07) is 15.9. The maximum atomic E-state index is 13.2. The lowest BCUT2D eigenvalue weighted by Crippen LogP contribution is -2.51. The number of nitrogens with one attached hydrogen (secondary N) is 1. The highest BCUT2D eigenvalue weighted by Gasteiger charge is 2.36. The molecule has 0 spiro atoms. The normalized spacial score (nSPS) is 18.9. The third-order valence-corrected chi connectivity index (χ3v) is 6.93. The van der Waals surface area contributed by atoms with Gasteiger partial charge in [-0.05, 0) is 35.1 Å². The largest absolute Gasteiger partial charge is 0.480 e. The zero-order valence-corrected chi connectivity index (χ0v) is 19.9. The molecule has 2 amide bonds. The fraction of sp³-hybridized carbons (Fsp3) is 0.444. The Labute approximate surface area is 205 Å². The topological polar surface area (TPSA) is 105 Å². The standard InChI is InChI=1S/C27H32N2O6/c1-34-15-14-29(16-25(30)31)26(32)22-12-6-7-13-24(22)28-27(33)35-17-23-20-10-4-2-8-18(20)19-9-3-5-11-21(19)23/h2-5,8-11,22-24H,6-7,12-17H2,1H3,(H,28,33)(H,30,31)/t22-,24+/m1/s1. The van der Waals surface area contributed by atoms with Crippen molar-refractivity contribution in [2.75, 3.05) is 33.4 Å². The Morgan fingerprint density at radius 3 is 2.26 bits per heavy atom. The Kier molecular flexibility index (Phi) is 8.02. The Hall–Kier alpha value is -3.39. The summed E-state index contributed by atoms with van der Waals surface area (Å²) in [6.07, 6.45) is 2.42. The number of carbonyl (C=O) groups excluding carboxylic acids is 2. The second-order valence-electron chi connectivity index (χ2n) is 9.11. The maximum absolute atomic E-state index is 13.2. The van der Waals surface area contributed by atoms with Crippen LogP contribution in [-0.2, 0) is 19.1 Å². The van der Waals surface area contributed by atoms with Gasteiger partial charge in [0.25, 0.3) is 0 Å². The number of aliphatic carboxylic acids is 1. The van der Waals surface area contributed by atoms with Gasteiger partial charge in [0.2, 0.25) is 5.91 Å². The summed E-state index contributed by atoms with van der Waals surface area (Å²) in [6.45, 7) is 0.243. The molecule has 35 heavy (non-hydrogen) atoms. The van der Waals surface area contributed by atoms with E-state index in [4.69, 9.17) is 9.47 Å². The molecule has 2 aromatic carbocycles. The van der Waals surface area contributed by atoms with Crippen LogP contribution in [0.4, 0.5) is 4.79 Å². The van der Waals surface area contributed by atoms with Crippen molar-refractivity contribution in [3.05, 3.63) is 59.7 Å². The van der Waals surface area contributed by atoms with E-state index in [1.807, 2.05) is 24.3 Å². The molecule has 186 valence electrons. The second kappa shape index (κ2) is 11.4. The van der Waals surface area contributed by atoms with Crippen LogP contribution < -0.4 is 5.32 Å². The van der Waals surface area contributed by atoms with E-state index in [-0.39, 0.29) is 31.6 Å². The maximum Gasteiger partial charge on any atom is 0.407 e. The first-order chi connectivity index (χ1) is 17.0. The van der Waals surface area contributed by atoms with Gasteiger partial charge >= 0.3 is 12.1 Å². The summed E-state index contributed by atoms with van der Waals surface area (Å²) in [5.74, 6) is -1.88. The number of hydrogen-bond donors (Lipinski definition) is 2. The van der Waals surface area contributed by atoms with Crippen LogP contribution in [-0.4, -0.2) is 67.4 Å². The van der Waals surface area contributed by atoms with E-state index in [1.165, 1.54) is 12.0 Å². The van der Waals surface area contributed by atoms with Gasteiger partial charge in [0.05, 0.1) is 12.5 Å². The average molecular weight is 481 g/mol.